The van der Waals surface area contributed by atoms with Crippen LogP contribution in [0.1, 0.15) is 10.4 Å². The van der Waals surface area contributed by atoms with Gasteiger partial charge >= 0.3 is 10.2 Å². The van der Waals surface area contributed by atoms with Crippen LogP contribution in [0.15, 0.2) is 67.0 Å². The van der Waals surface area contributed by atoms with Crippen molar-refractivity contribution in [1.82, 2.24) is 14.7 Å². The molecule has 1 amide bonds. The Morgan fingerprint density at radius 2 is 1.97 bits per heavy atom. The Balaban J connectivity index is 1.41. The number of hydrogen-bond donors (Lipinski definition) is 2. The van der Waals surface area contributed by atoms with Crippen molar-refractivity contribution in [2.45, 2.75) is 0 Å². The topological polar surface area (TPSA) is 104 Å². The molecular formula is C23H17ClFN5O3S. The molecule has 172 valence electrons. The molecule has 1 aliphatic rings. The van der Waals surface area contributed by atoms with Crippen molar-refractivity contribution in [2.24, 2.45) is 0 Å². The number of pyridine rings is 2. The summed E-state index contributed by atoms with van der Waals surface area (Å²) in [6.45, 7) is 0.411. The quantitative estimate of drug-likeness (QED) is 0.443. The summed E-state index contributed by atoms with van der Waals surface area (Å²) in [6.07, 6.45) is 3.35. The van der Waals surface area contributed by atoms with Gasteiger partial charge in [-0.1, -0.05) is 11.6 Å². The third-order valence-corrected chi connectivity index (χ3v) is 7.24. The molecule has 0 unspecified atom stereocenters. The lowest BCUT2D eigenvalue weighted by Crippen LogP contribution is -2.29. The SMILES string of the molecule is O=C(Nc1ccc(Cl)c(-c2ccc3cnccc3n2)c1)c1ccc(N2CCNS2(=O)=O)cc1F. The normalized spacial score (nSPS) is 14.9. The Bertz CT molecular complexity index is 1550. The third-order valence-electron chi connectivity index (χ3n) is 5.36. The molecule has 2 N–H and O–H groups in total. The minimum Gasteiger partial charge on any atom is -0.322 e. The first kappa shape index (κ1) is 22.2. The second kappa shape index (κ2) is 8.64. The molecule has 0 saturated carbocycles. The average Bonchev–Trinajstić information content (AvgIpc) is 3.18. The van der Waals surface area contributed by atoms with Gasteiger partial charge in [0.1, 0.15) is 5.82 Å². The van der Waals surface area contributed by atoms with E-state index < -0.39 is 21.9 Å². The monoisotopic (exact) mass is 497 g/mol. The smallest absolute Gasteiger partial charge is 0.301 e. The van der Waals surface area contributed by atoms with E-state index in [0.29, 0.717) is 22.0 Å². The number of halogens is 2. The van der Waals surface area contributed by atoms with E-state index in [-0.39, 0.29) is 24.3 Å². The lowest BCUT2D eigenvalue weighted by molar-refractivity contribution is 0.102. The van der Waals surface area contributed by atoms with Crippen LogP contribution >= 0.6 is 11.6 Å². The molecule has 3 heterocycles. The fraction of sp³-hybridized carbons (Fsp3) is 0.0870. The molecule has 1 fully saturated rings. The van der Waals surface area contributed by atoms with Crippen LogP contribution in [-0.4, -0.2) is 37.4 Å². The van der Waals surface area contributed by atoms with Gasteiger partial charge < -0.3 is 5.32 Å². The molecule has 34 heavy (non-hydrogen) atoms. The van der Waals surface area contributed by atoms with E-state index in [4.69, 9.17) is 11.6 Å². The maximum Gasteiger partial charge on any atom is 0.301 e. The van der Waals surface area contributed by atoms with Gasteiger partial charge in [-0.05, 0) is 54.6 Å². The summed E-state index contributed by atoms with van der Waals surface area (Å²) in [5.74, 6) is -1.52. The van der Waals surface area contributed by atoms with Crippen LogP contribution in [0.4, 0.5) is 15.8 Å². The predicted octanol–water partition coefficient (Wildman–Crippen LogP) is 4.00. The number of amides is 1. The number of carbonyl (C=O) groups excluding carboxylic acids is 1. The zero-order valence-corrected chi connectivity index (χ0v) is 19.1. The lowest BCUT2D eigenvalue weighted by atomic mass is 10.1. The summed E-state index contributed by atoms with van der Waals surface area (Å²) in [4.78, 5) is 21.4. The molecule has 2 aromatic carbocycles. The molecule has 1 aliphatic heterocycles. The second-order valence-electron chi connectivity index (χ2n) is 7.55. The molecule has 5 rings (SSSR count). The van der Waals surface area contributed by atoms with E-state index in [1.807, 2.05) is 6.07 Å². The van der Waals surface area contributed by atoms with Gasteiger partial charge in [-0.15, -0.1) is 0 Å². The number of nitrogens with one attached hydrogen (secondary N) is 2. The number of nitrogens with zero attached hydrogens (tertiary/aromatic N) is 3. The average molecular weight is 498 g/mol. The number of anilines is 2. The molecule has 1 saturated heterocycles. The molecule has 0 bridgehead atoms. The summed E-state index contributed by atoms with van der Waals surface area (Å²) in [5, 5.41) is 3.98. The Morgan fingerprint density at radius 3 is 2.74 bits per heavy atom. The second-order valence-corrected chi connectivity index (χ2v) is 9.64. The first-order valence-electron chi connectivity index (χ1n) is 10.2. The van der Waals surface area contributed by atoms with Crippen molar-refractivity contribution < 1.29 is 17.6 Å². The largest absolute Gasteiger partial charge is 0.322 e. The number of hydrogen-bond acceptors (Lipinski definition) is 5. The highest BCUT2D eigenvalue weighted by molar-refractivity contribution is 7.91. The highest BCUT2D eigenvalue weighted by atomic mass is 35.5. The van der Waals surface area contributed by atoms with Crippen LogP contribution in [-0.2, 0) is 10.2 Å². The summed E-state index contributed by atoms with van der Waals surface area (Å²) < 4.78 is 42.1. The van der Waals surface area contributed by atoms with E-state index in [0.717, 1.165) is 21.3 Å². The van der Waals surface area contributed by atoms with Gasteiger partial charge in [0.25, 0.3) is 5.91 Å². The number of rotatable bonds is 4. The molecule has 0 radical (unpaired) electrons. The van der Waals surface area contributed by atoms with Crippen LogP contribution < -0.4 is 14.3 Å². The first-order valence-corrected chi connectivity index (χ1v) is 12.0. The highest BCUT2D eigenvalue weighted by Crippen LogP contribution is 2.31. The zero-order valence-electron chi connectivity index (χ0n) is 17.5. The number of benzene rings is 2. The van der Waals surface area contributed by atoms with E-state index in [1.165, 1.54) is 12.1 Å². The Morgan fingerprint density at radius 1 is 1.12 bits per heavy atom. The van der Waals surface area contributed by atoms with E-state index >= 15 is 0 Å². The standard InChI is InChI=1S/C23H17ClFN5O3S/c24-19-5-2-15(11-18(19)22-6-1-14-13-26-8-7-21(14)29-22)28-23(31)17-4-3-16(12-20(17)25)30-10-9-27-34(30,32)33/h1-8,11-13,27H,9-10H2,(H,28,31). The van der Waals surface area contributed by atoms with Gasteiger partial charge in [-0.3, -0.25) is 14.1 Å². The molecular weight excluding hydrogens is 481 g/mol. The fourth-order valence-electron chi connectivity index (χ4n) is 3.70. The van der Waals surface area contributed by atoms with Crippen molar-refractivity contribution in [1.29, 1.82) is 0 Å². The van der Waals surface area contributed by atoms with Gasteiger partial charge in [0, 0.05) is 42.1 Å². The Kier molecular flexibility index (Phi) is 5.64. The maximum absolute atomic E-state index is 14.7. The summed E-state index contributed by atoms with van der Waals surface area (Å²) >= 11 is 6.38. The Labute approximate surface area is 199 Å². The van der Waals surface area contributed by atoms with Crippen LogP contribution in [0, 0.1) is 5.82 Å². The third kappa shape index (κ3) is 4.18. The van der Waals surface area contributed by atoms with Crippen molar-refractivity contribution in [3.63, 3.8) is 0 Å². The van der Waals surface area contributed by atoms with Gasteiger partial charge in [-0.25, -0.2) is 9.37 Å². The highest BCUT2D eigenvalue weighted by Gasteiger charge is 2.28. The summed E-state index contributed by atoms with van der Waals surface area (Å²) in [5.41, 5.74) is 2.27. The lowest BCUT2D eigenvalue weighted by Gasteiger charge is -2.16. The molecule has 4 aromatic rings. The van der Waals surface area contributed by atoms with Crippen LogP contribution in [0.3, 0.4) is 0 Å². The Hall–Kier alpha value is -3.60. The molecule has 11 heteroatoms. The summed E-state index contributed by atoms with van der Waals surface area (Å²) in [6, 6.07) is 14.0. The summed E-state index contributed by atoms with van der Waals surface area (Å²) in [7, 11) is -3.69. The molecule has 0 aliphatic carbocycles. The van der Waals surface area contributed by atoms with Crippen LogP contribution in [0.5, 0.6) is 0 Å². The van der Waals surface area contributed by atoms with E-state index in [1.54, 1.807) is 42.7 Å². The van der Waals surface area contributed by atoms with Crippen molar-refractivity contribution in [2.75, 3.05) is 22.7 Å². The van der Waals surface area contributed by atoms with E-state index in [2.05, 4.69) is 20.0 Å². The number of fused-ring (bicyclic) bond motifs is 1. The molecule has 0 spiro atoms. The molecule has 2 aromatic heterocycles. The minimum absolute atomic E-state index is 0.144. The first-order chi connectivity index (χ1) is 16.3. The molecule has 0 atom stereocenters. The van der Waals surface area contributed by atoms with Crippen LogP contribution in [0.2, 0.25) is 5.02 Å². The fourth-order valence-corrected chi connectivity index (χ4v) is 5.14. The number of carbonyl (C=O) groups is 1. The minimum atomic E-state index is -3.69. The van der Waals surface area contributed by atoms with Crippen LogP contribution in [0.25, 0.3) is 22.2 Å². The van der Waals surface area contributed by atoms with Gasteiger partial charge in [0.15, 0.2) is 0 Å². The van der Waals surface area contributed by atoms with Gasteiger partial charge in [-0.2, -0.15) is 13.1 Å². The van der Waals surface area contributed by atoms with E-state index in [9.17, 15) is 17.6 Å². The van der Waals surface area contributed by atoms with Crippen molar-refractivity contribution >= 4 is 50.0 Å². The van der Waals surface area contributed by atoms with Crippen molar-refractivity contribution in [3.05, 3.63) is 83.4 Å². The van der Waals surface area contributed by atoms with Gasteiger partial charge in [0.05, 0.1) is 27.5 Å². The predicted molar refractivity (Wildman–Crippen MR) is 129 cm³/mol. The van der Waals surface area contributed by atoms with Gasteiger partial charge in [0.2, 0.25) is 0 Å². The van der Waals surface area contributed by atoms with Crippen molar-refractivity contribution in [3.8, 4) is 11.3 Å². The zero-order chi connectivity index (χ0) is 23.9. The number of aromatic nitrogens is 2. The molecule has 8 nitrogen and oxygen atoms in total. The maximum atomic E-state index is 14.7.